The van der Waals surface area contributed by atoms with Crippen molar-refractivity contribution in [3.8, 4) is 6.07 Å². The van der Waals surface area contributed by atoms with E-state index in [9.17, 15) is 13.2 Å². The quantitative estimate of drug-likeness (QED) is 0.621. The first-order chi connectivity index (χ1) is 11.8. The van der Waals surface area contributed by atoms with E-state index in [0.29, 0.717) is 26.2 Å². The Morgan fingerprint density at radius 2 is 1.80 bits per heavy atom. The molecule has 1 aliphatic heterocycles. The molecule has 0 radical (unpaired) electrons. The van der Waals surface area contributed by atoms with Crippen LogP contribution in [-0.2, 0) is 14.8 Å². The molecule has 0 spiro atoms. The molecule has 0 bridgehead atoms. The molecule has 0 aliphatic carbocycles. The molecule has 1 saturated heterocycles. The Kier molecular flexibility index (Phi) is 6.17. The van der Waals surface area contributed by atoms with Gasteiger partial charge in [0.15, 0.2) is 0 Å². The van der Waals surface area contributed by atoms with Gasteiger partial charge in [-0.25, -0.2) is 8.42 Å². The number of nitrogens with zero attached hydrogens (tertiary/aromatic N) is 3. The Morgan fingerprint density at radius 1 is 1.20 bits per heavy atom. The van der Waals surface area contributed by atoms with E-state index in [-0.39, 0.29) is 16.5 Å². The number of piperazine rings is 1. The molecule has 25 heavy (non-hydrogen) atoms. The second-order valence-electron chi connectivity index (χ2n) is 6.04. The molecule has 0 aromatic heterocycles. The van der Waals surface area contributed by atoms with Crippen LogP contribution in [-0.4, -0.2) is 55.8 Å². The highest BCUT2D eigenvalue weighted by Crippen LogP contribution is 2.17. The van der Waals surface area contributed by atoms with Gasteiger partial charge in [0.2, 0.25) is 10.0 Å². The lowest BCUT2D eigenvalue weighted by Crippen LogP contribution is -2.47. The average Bonchev–Trinajstić information content (AvgIpc) is 2.60. The number of hydrogen-bond donors (Lipinski definition) is 1. The van der Waals surface area contributed by atoms with Crippen LogP contribution in [0.3, 0.4) is 0 Å². The van der Waals surface area contributed by atoms with Crippen LogP contribution in [0.25, 0.3) is 0 Å². The summed E-state index contributed by atoms with van der Waals surface area (Å²) in [7, 11) is -3.51. The first kappa shape index (κ1) is 19.0. The maximum Gasteiger partial charge on any atom is 0.263 e. The third kappa shape index (κ3) is 4.81. The molecule has 1 amide bonds. The maximum absolute atomic E-state index is 12.6. The van der Waals surface area contributed by atoms with Crippen molar-refractivity contribution < 1.29 is 13.2 Å². The summed E-state index contributed by atoms with van der Waals surface area (Å²) in [6.07, 6.45) is 1.50. The van der Waals surface area contributed by atoms with E-state index >= 15 is 0 Å². The van der Waals surface area contributed by atoms with Gasteiger partial charge in [-0.05, 0) is 26.0 Å². The molecule has 1 fully saturated rings. The van der Waals surface area contributed by atoms with Crippen LogP contribution >= 0.6 is 0 Å². The van der Waals surface area contributed by atoms with Crippen molar-refractivity contribution in [2.24, 2.45) is 0 Å². The first-order valence-corrected chi connectivity index (χ1v) is 9.50. The van der Waals surface area contributed by atoms with E-state index in [4.69, 9.17) is 5.26 Å². The highest BCUT2D eigenvalue weighted by Gasteiger charge is 2.28. The minimum absolute atomic E-state index is 0.0214. The largest absolute Gasteiger partial charge is 0.373 e. The summed E-state index contributed by atoms with van der Waals surface area (Å²) in [6, 6.07) is 10.1. The van der Waals surface area contributed by atoms with Gasteiger partial charge >= 0.3 is 0 Å². The number of amides is 1. The molecule has 134 valence electrons. The predicted molar refractivity (Wildman–Crippen MR) is 93.7 cm³/mol. The van der Waals surface area contributed by atoms with Gasteiger partial charge < -0.3 is 10.2 Å². The Labute approximate surface area is 148 Å². The van der Waals surface area contributed by atoms with Crippen LogP contribution in [0.2, 0.25) is 0 Å². The topological polar surface area (TPSA) is 93.5 Å². The number of sulfonamides is 1. The van der Waals surface area contributed by atoms with Gasteiger partial charge in [-0.2, -0.15) is 9.57 Å². The molecule has 0 saturated carbocycles. The van der Waals surface area contributed by atoms with Gasteiger partial charge in [-0.3, -0.25) is 4.79 Å². The molecule has 0 atom stereocenters. The van der Waals surface area contributed by atoms with Crippen LogP contribution in [0.5, 0.6) is 0 Å². The van der Waals surface area contributed by atoms with Gasteiger partial charge in [0.25, 0.3) is 5.91 Å². The number of rotatable bonds is 5. The molecular weight excluding hydrogens is 340 g/mol. The smallest absolute Gasteiger partial charge is 0.263 e. The summed E-state index contributed by atoms with van der Waals surface area (Å²) < 4.78 is 26.6. The summed E-state index contributed by atoms with van der Waals surface area (Å²) in [5, 5.41) is 11.8. The predicted octanol–water partition coefficient (Wildman–Crippen LogP) is 0.925. The molecule has 1 heterocycles. The zero-order valence-corrected chi connectivity index (χ0v) is 15.2. The molecule has 8 heteroatoms. The second kappa shape index (κ2) is 8.14. The Hall–Kier alpha value is -2.37. The van der Waals surface area contributed by atoms with Crippen LogP contribution in [0, 0.1) is 11.3 Å². The van der Waals surface area contributed by atoms with Crippen molar-refractivity contribution in [3.05, 3.63) is 42.1 Å². The standard InChI is InChI=1S/C17H22N4O3S/c1-14(2)19-17(22)15(12-18)13-20-8-10-21(11-9-20)25(23,24)16-6-4-3-5-7-16/h3-7,13-14H,8-11H2,1-2H3,(H,19,22)/b15-13-. The lowest BCUT2D eigenvalue weighted by atomic mass is 10.2. The van der Waals surface area contributed by atoms with Crippen molar-refractivity contribution in [2.45, 2.75) is 24.8 Å². The molecule has 1 aliphatic rings. The zero-order chi connectivity index (χ0) is 18.4. The van der Waals surface area contributed by atoms with Gasteiger partial charge in [0.1, 0.15) is 11.6 Å². The van der Waals surface area contributed by atoms with Crippen molar-refractivity contribution in [1.82, 2.24) is 14.5 Å². The molecule has 1 aromatic rings. The van der Waals surface area contributed by atoms with Crippen molar-refractivity contribution in [3.63, 3.8) is 0 Å². The number of carbonyl (C=O) groups excluding carboxylic acids is 1. The Balaban J connectivity index is 2.03. The number of hydrogen-bond acceptors (Lipinski definition) is 5. The monoisotopic (exact) mass is 362 g/mol. The minimum Gasteiger partial charge on any atom is -0.373 e. The third-order valence-electron chi connectivity index (χ3n) is 3.75. The number of benzene rings is 1. The Morgan fingerprint density at radius 3 is 2.32 bits per heavy atom. The second-order valence-corrected chi connectivity index (χ2v) is 7.97. The van der Waals surface area contributed by atoms with Crippen LogP contribution in [0.15, 0.2) is 47.0 Å². The number of carbonyl (C=O) groups is 1. The number of nitrogens with one attached hydrogen (secondary N) is 1. The van der Waals surface area contributed by atoms with Gasteiger partial charge in [0, 0.05) is 38.4 Å². The summed E-state index contributed by atoms with van der Waals surface area (Å²) >= 11 is 0. The fraction of sp³-hybridized carbons (Fsp3) is 0.412. The van der Waals surface area contributed by atoms with Gasteiger partial charge in [0.05, 0.1) is 4.90 Å². The Bertz CT molecular complexity index is 774. The van der Waals surface area contributed by atoms with Gasteiger partial charge in [-0.15, -0.1) is 0 Å². The minimum atomic E-state index is -3.51. The summed E-state index contributed by atoms with van der Waals surface area (Å²) in [6.45, 7) is 5.09. The van der Waals surface area contributed by atoms with E-state index in [0.717, 1.165) is 0 Å². The van der Waals surface area contributed by atoms with Crippen molar-refractivity contribution >= 4 is 15.9 Å². The van der Waals surface area contributed by atoms with Crippen LogP contribution in [0.1, 0.15) is 13.8 Å². The highest BCUT2D eigenvalue weighted by atomic mass is 32.2. The van der Waals surface area contributed by atoms with Gasteiger partial charge in [-0.1, -0.05) is 18.2 Å². The van der Waals surface area contributed by atoms with E-state index in [2.05, 4.69) is 5.32 Å². The molecule has 2 rings (SSSR count). The highest BCUT2D eigenvalue weighted by molar-refractivity contribution is 7.89. The molecule has 0 unspecified atom stereocenters. The van der Waals surface area contributed by atoms with Crippen molar-refractivity contribution in [2.75, 3.05) is 26.2 Å². The summed E-state index contributed by atoms with van der Waals surface area (Å²) in [5.41, 5.74) is 0.0214. The lowest BCUT2D eigenvalue weighted by molar-refractivity contribution is -0.117. The average molecular weight is 362 g/mol. The van der Waals surface area contributed by atoms with Crippen LogP contribution < -0.4 is 5.32 Å². The third-order valence-corrected chi connectivity index (χ3v) is 5.66. The molecule has 1 aromatic carbocycles. The van der Waals surface area contributed by atoms with Crippen molar-refractivity contribution in [1.29, 1.82) is 5.26 Å². The first-order valence-electron chi connectivity index (χ1n) is 8.06. The molecular formula is C17H22N4O3S. The fourth-order valence-electron chi connectivity index (χ4n) is 2.48. The molecule has 1 N–H and O–H groups in total. The van der Waals surface area contributed by atoms with E-state index < -0.39 is 15.9 Å². The zero-order valence-electron chi connectivity index (χ0n) is 14.3. The number of nitriles is 1. The van der Waals surface area contributed by atoms with E-state index in [1.807, 2.05) is 19.9 Å². The normalized spacial score (nSPS) is 16.6. The van der Waals surface area contributed by atoms with E-state index in [1.165, 1.54) is 10.5 Å². The summed E-state index contributed by atoms with van der Waals surface area (Å²) in [4.78, 5) is 14.0. The fourth-order valence-corrected chi connectivity index (χ4v) is 3.92. The van der Waals surface area contributed by atoms with E-state index in [1.54, 1.807) is 35.2 Å². The molecule has 7 nitrogen and oxygen atoms in total. The maximum atomic E-state index is 12.6. The SMILES string of the molecule is CC(C)NC(=O)/C(C#N)=C\N1CCN(S(=O)(=O)c2ccccc2)CC1. The van der Waals surface area contributed by atoms with Crippen LogP contribution in [0.4, 0.5) is 0 Å². The summed E-state index contributed by atoms with van der Waals surface area (Å²) in [5.74, 6) is -0.420. The lowest BCUT2D eigenvalue weighted by Gasteiger charge is -2.33.